The first-order valence-electron chi connectivity index (χ1n) is 6.18. The van der Waals surface area contributed by atoms with Gasteiger partial charge in [-0.05, 0) is 19.1 Å². The van der Waals surface area contributed by atoms with Crippen LogP contribution in [0.2, 0.25) is 0 Å². The third-order valence-corrected chi connectivity index (χ3v) is 5.17. The van der Waals surface area contributed by atoms with Crippen LogP contribution in [0, 0.1) is 0 Å². The van der Waals surface area contributed by atoms with Crippen molar-refractivity contribution in [2.24, 2.45) is 0 Å². The fourth-order valence-electron chi connectivity index (χ4n) is 1.85. The lowest BCUT2D eigenvalue weighted by Crippen LogP contribution is -2.28. The molecule has 1 aromatic carbocycles. The smallest absolute Gasteiger partial charge is 0.242 e. The van der Waals surface area contributed by atoms with Crippen molar-refractivity contribution in [3.63, 3.8) is 0 Å². The normalized spacial score (nSPS) is 13.9. The number of para-hydroxylation sites is 1. The molecule has 0 aliphatic carbocycles. The molecule has 0 heterocycles. The Hall–Kier alpha value is -1.12. The Morgan fingerprint density at radius 1 is 1.15 bits per heavy atom. The van der Waals surface area contributed by atoms with E-state index in [0.717, 1.165) is 6.26 Å². The highest BCUT2D eigenvalue weighted by molar-refractivity contribution is 7.90. The number of sulfonamides is 1. The van der Waals surface area contributed by atoms with Gasteiger partial charge in [0.05, 0.1) is 11.4 Å². The summed E-state index contributed by atoms with van der Waals surface area (Å²) in [5, 5.41) is 2.93. The number of benzene rings is 1. The Morgan fingerprint density at radius 3 is 2.30 bits per heavy atom. The second-order valence-electron chi connectivity index (χ2n) is 4.64. The van der Waals surface area contributed by atoms with Gasteiger partial charge in [-0.2, -0.15) is 0 Å². The standard InChI is InChI=1S/C12H20N2O4S2/c1-4-13-20(17,18)12-8-6-5-7-11(12)14-10(2)9-19(3,15)16/h5-8,10,13-14H,4,9H2,1-3H3. The number of anilines is 1. The zero-order chi connectivity index (χ0) is 15.4. The molecule has 0 radical (unpaired) electrons. The second kappa shape index (κ2) is 6.55. The summed E-state index contributed by atoms with van der Waals surface area (Å²) in [4.78, 5) is 0.113. The molecule has 0 saturated heterocycles. The number of hydrogen-bond acceptors (Lipinski definition) is 5. The van der Waals surface area contributed by atoms with Gasteiger partial charge in [0.25, 0.3) is 0 Å². The highest BCUT2D eigenvalue weighted by Gasteiger charge is 2.19. The molecule has 6 nitrogen and oxygen atoms in total. The van der Waals surface area contributed by atoms with Crippen LogP contribution in [0.5, 0.6) is 0 Å². The molecule has 114 valence electrons. The highest BCUT2D eigenvalue weighted by Crippen LogP contribution is 2.21. The molecular weight excluding hydrogens is 300 g/mol. The molecule has 0 fully saturated rings. The van der Waals surface area contributed by atoms with E-state index in [1.165, 1.54) is 6.07 Å². The van der Waals surface area contributed by atoms with Crippen LogP contribution in [-0.2, 0) is 19.9 Å². The number of hydrogen-bond donors (Lipinski definition) is 2. The molecule has 0 aliphatic heterocycles. The van der Waals surface area contributed by atoms with Crippen molar-refractivity contribution in [2.75, 3.05) is 23.9 Å². The lowest BCUT2D eigenvalue weighted by molar-refractivity contribution is 0.584. The van der Waals surface area contributed by atoms with Crippen molar-refractivity contribution in [1.29, 1.82) is 0 Å². The van der Waals surface area contributed by atoms with Crippen LogP contribution >= 0.6 is 0 Å². The van der Waals surface area contributed by atoms with Crippen molar-refractivity contribution < 1.29 is 16.8 Å². The largest absolute Gasteiger partial charge is 0.380 e. The maximum absolute atomic E-state index is 12.1. The fourth-order valence-corrected chi connectivity index (χ4v) is 4.05. The fraction of sp³-hybridized carbons (Fsp3) is 0.500. The zero-order valence-corrected chi connectivity index (χ0v) is 13.4. The molecule has 20 heavy (non-hydrogen) atoms. The quantitative estimate of drug-likeness (QED) is 0.776. The molecule has 1 atom stereocenters. The minimum absolute atomic E-state index is 0.0669. The van der Waals surface area contributed by atoms with E-state index in [-0.39, 0.29) is 23.2 Å². The molecule has 0 aliphatic rings. The lowest BCUT2D eigenvalue weighted by atomic mass is 10.3. The minimum atomic E-state index is -3.59. The van der Waals surface area contributed by atoms with E-state index in [2.05, 4.69) is 10.0 Å². The van der Waals surface area contributed by atoms with Gasteiger partial charge < -0.3 is 5.32 Å². The van der Waals surface area contributed by atoms with Crippen LogP contribution in [0.1, 0.15) is 13.8 Å². The van der Waals surface area contributed by atoms with E-state index in [4.69, 9.17) is 0 Å². The zero-order valence-electron chi connectivity index (χ0n) is 11.8. The van der Waals surface area contributed by atoms with Gasteiger partial charge in [0.1, 0.15) is 14.7 Å². The topological polar surface area (TPSA) is 92.3 Å². The highest BCUT2D eigenvalue weighted by atomic mass is 32.2. The summed E-state index contributed by atoms with van der Waals surface area (Å²) in [6, 6.07) is 6.02. The van der Waals surface area contributed by atoms with Crippen molar-refractivity contribution in [1.82, 2.24) is 4.72 Å². The average Bonchev–Trinajstić information content (AvgIpc) is 2.26. The molecule has 0 aromatic heterocycles. The van der Waals surface area contributed by atoms with E-state index in [1.54, 1.807) is 32.0 Å². The molecule has 1 aromatic rings. The summed E-state index contributed by atoms with van der Waals surface area (Å²) < 4.78 is 49.0. The van der Waals surface area contributed by atoms with E-state index < -0.39 is 19.9 Å². The third kappa shape index (κ3) is 5.10. The number of rotatable bonds is 7. The van der Waals surface area contributed by atoms with Gasteiger partial charge in [0.2, 0.25) is 10.0 Å². The summed E-state index contributed by atoms with van der Waals surface area (Å²) in [7, 11) is -6.72. The predicted octanol–water partition coefficient (Wildman–Crippen LogP) is 0.830. The van der Waals surface area contributed by atoms with Crippen LogP contribution in [0.15, 0.2) is 29.2 Å². The van der Waals surface area contributed by atoms with Gasteiger partial charge in [-0.15, -0.1) is 0 Å². The van der Waals surface area contributed by atoms with E-state index in [1.807, 2.05) is 0 Å². The van der Waals surface area contributed by atoms with E-state index in [0.29, 0.717) is 5.69 Å². The van der Waals surface area contributed by atoms with E-state index in [9.17, 15) is 16.8 Å². The Kier molecular flexibility index (Phi) is 5.55. The molecule has 2 N–H and O–H groups in total. The molecule has 1 unspecified atom stereocenters. The summed E-state index contributed by atoms with van der Waals surface area (Å²) in [6.07, 6.45) is 1.15. The maximum atomic E-state index is 12.1. The Labute approximate surface area is 120 Å². The van der Waals surface area contributed by atoms with Crippen LogP contribution in [0.4, 0.5) is 5.69 Å². The number of sulfone groups is 1. The molecule has 0 amide bonds. The second-order valence-corrected chi connectivity index (χ2v) is 8.56. The Bertz CT molecular complexity index is 654. The molecule has 0 bridgehead atoms. The summed E-state index contributed by atoms with van der Waals surface area (Å²) in [5.74, 6) is -0.0669. The third-order valence-electron chi connectivity index (χ3n) is 2.47. The van der Waals surface area contributed by atoms with Gasteiger partial charge in [-0.25, -0.2) is 21.6 Å². The Morgan fingerprint density at radius 2 is 1.75 bits per heavy atom. The maximum Gasteiger partial charge on any atom is 0.242 e. The average molecular weight is 320 g/mol. The van der Waals surface area contributed by atoms with Gasteiger partial charge in [-0.3, -0.25) is 0 Å². The first-order chi connectivity index (χ1) is 9.15. The summed E-state index contributed by atoms with van der Waals surface area (Å²) in [6.45, 7) is 3.67. The molecular formula is C12H20N2O4S2. The van der Waals surface area contributed by atoms with Crippen LogP contribution < -0.4 is 10.0 Å². The van der Waals surface area contributed by atoms with Crippen LogP contribution in [0.25, 0.3) is 0 Å². The predicted molar refractivity (Wildman–Crippen MR) is 80.1 cm³/mol. The Balaban J connectivity index is 3.03. The first kappa shape index (κ1) is 16.9. The minimum Gasteiger partial charge on any atom is -0.380 e. The van der Waals surface area contributed by atoms with Crippen molar-refractivity contribution in [3.8, 4) is 0 Å². The summed E-state index contributed by atoms with van der Waals surface area (Å²) in [5.41, 5.74) is 0.393. The van der Waals surface area contributed by atoms with Crippen molar-refractivity contribution in [3.05, 3.63) is 24.3 Å². The number of nitrogens with one attached hydrogen (secondary N) is 2. The monoisotopic (exact) mass is 320 g/mol. The van der Waals surface area contributed by atoms with Crippen molar-refractivity contribution in [2.45, 2.75) is 24.8 Å². The SMILES string of the molecule is CCNS(=O)(=O)c1ccccc1NC(C)CS(C)(=O)=O. The van der Waals surface area contributed by atoms with Crippen LogP contribution in [0.3, 0.4) is 0 Å². The lowest BCUT2D eigenvalue weighted by Gasteiger charge is -2.17. The van der Waals surface area contributed by atoms with Gasteiger partial charge in [0, 0.05) is 18.8 Å². The first-order valence-corrected chi connectivity index (χ1v) is 9.73. The molecule has 0 spiro atoms. The van der Waals surface area contributed by atoms with Crippen molar-refractivity contribution >= 4 is 25.5 Å². The molecule has 8 heteroatoms. The summed E-state index contributed by atoms with van der Waals surface area (Å²) >= 11 is 0. The van der Waals surface area contributed by atoms with Gasteiger partial charge in [0.15, 0.2) is 0 Å². The van der Waals surface area contributed by atoms with E-state index >= 15 is 0 Å². The van der Waals surface area contributed by atoms with Gasteiger partial charge in [-0.1, -0.05) is 19.1 Å². The van der Waals surface area contributed by atoms with Crippen LogP contribution in [-0.4, -0.2) is 41.4 Å². The molecule has 1 rings (SSSR count). The van der Waals surface area contributed by atoms with Gasteiger partial charge >= 0.3 is 0 Å². The molecule has 0 saturated carbocycles.